The quantitative estimate of drug-likeness (QED) is 0.539. The molecule has 1 aromatic heterocycles. The number of sulfonamides is 1. The summed E-state index contributed by atoms with van der Waals surface area (Å²) in [5.74, 6) is 1.31. The second-order valence-electron chi connectivity index (χ2n) is 10.2. The zero-order chi connectivity index (χ0) is 24.7. The number of likely N-dealkylation sites (N-methyl/N-ethyl adjacent to an activating group) is 1. The molecule has 5 N–H and O–H groups in total. The molecule has 0 amide bonds. The number of fused-ring (bicyclic) bond motifs is 3. The topological polar surface area (TPSA) is 136 Å². The van der Waals surface area contributed by atoms with Gasteiger partial charge >= 0.3 is 0 Å². The first kappa shape index (κ1) is 24.7. The van der Waals surface area contributed by atoms with Gasteiger partial charge in [0.1, 0.15) is 17.9 Å². The lowest BCUT2D eigenvalue weighted by Gasteiger charge is -2.37. The standard InChI is InChI=1S/C24H36N6O3S/c1-24(2)13-18-17(21-20(24)23(26)28-14-27-21)9-10-19(33-16-7-5-15(25)6-8-16)22(18)30(3)12-11-29-34(4,31)32/h9-10,14-16,29H,5-8,11-13,25H2,1-4H3,(H2,26,27,28). The number of nitrogens with zero attached hydrogens (tertiary/aromatic N) is 3. The number of nitrogens with two attached hydrogens (primary N) is 2. The van der Waals surface area contributed by atoms with Crippen LogP contribution in [0, 0.1) is 0 Å². The second-order valence-corrected chi connectivity index (χ2v) is 12.1. The van der Waals surface area contributed by atoms with Crippen molar-refractivity contribution < 1.29 is 13.2 Å². The lowest BCUT2D eigenvalue weighted by Crippen LogP contribution is -2.35. The monoisotopic (exact) mass is 488 g/mol. The van der Waals surface area contributed by atoms with Crippen LogP contribution in [0.3, 0.4) is 0 Å². The molecule has 1 heterocycles. The van der Waals surface area contributed by atoms with Crippen LogP contribution in [0.2, 0.25) is 0 Å². The molecule has 2 aromatic rings. The van der Waals surface area contributed by atoms with Crippen LogP contribution in [0.25, 0.3) is 11.3 Å². The zero-order valence-electron chi connectivity index (χ0n) is 20.5. The van der Waals surface area contributed by atoms with Gasteiger partial charge in [0.25, 0.3) is 0 Å². The molecule has 2 aliphatic carbocycles. The van der Waals surface area contributed by atoms with Crippen molar-refractivity contribution in [3.8, 4) is 17.0 Å². The van der Waals surface area contributed by atoms with Crippen molar-refractivity contribution in [2.75, 3.05) is 37.0 Å². The Morgan fingerprint density at radius 2 is 1.91 bits per heavy atom. The summed E-state index contributed by atoms with van der Waals surface area (Å²) in [6, 6.07) is 4.31. The minimum atomic E-state index is -3.27. The Balaban J connectivity index is 1.76. The van der Waals surface area contributed by atoms with Gasteiger partial charge in [0.2, 0.25) is 10.0 Å². The minimum absolute atomic E-state index is 0.112. The normalized spacial score (nSPS) is 21.4. The van der Waals surface area contributed by atoms with Crippen LogP contribution in [0.4, 0.5) is 11.5 Å². The Morgan fingerprint density at radius 1 is 1.21 bits per heavy atom. The van der Waals surface area contributed by atoms with Crippen LogP contribution in [-0.4, -0.2) is 56.9 Å². The summed E-state index contributed by atoms with van der Waals surface area (Å²) in [5, 5.41) is 0. The molecule has 34 heavy (non-hydrogen) atoms. The predicted octanol–water partition coefficient (Wildman–Crippen LogP) is 2.19. The number of rotatable bonds is 7. The predicted molar refractivity (Wildman–Crippen MR) is 136 cm³/mol. The van der Waals surface area contributed by atoms with Crippen molar-refractivity contribution in [2.24, 2.45) is 5.73 Å². The molecule has 1 fully saturated rings. The van der Waals surface area contributed by atoms with Crippen LogP contribution < -0.4 is 25.8 Å². The van der Waals surface area contributed by atoms with Gasteiger partial charge in [-0.05, 0) is 55.2 Å². The SMILES string of the molecule is CN(CCNS(C)(=O)=O)c1c(OC2CCC(N)CC2)ccc2c1CC(C)(C)c1c(N)ncnc1-2. The van der Waals surface area contributed by atoms with Crippen LogP contribution >= 0.6 is 0 Å². The van der Waals surface area contributed by atoms with E-state index in [0.717, 1.165) is 65.9 Å². The van der Waals surface area contributed by atoms with Gasteiger partial charge in [0.15, 0.2) is 0 Å². The molecule has 0 atom stereocenters. The summed E-state index contributed by atoms with van der Waals surface area (Å²) >= 11 is 0. The molecule has 10 heteroatoms. The Hall–Kier alpha value is -2.43. The van der Waals surface area contributed by atoms with Crippen molar-refractivity contribution in [2.45, 2.75) is 63.5 Å². The van der Waals surface area contributed by atoms with E-state index in [1.807, 2.05) is 13.1 Å². The zero-order valence-corrected chi connectivity index (χ0v) is 21.3. The molecule has 1 saturated carbocycles. The van der Waals surface area contributed by atoms with Gasteiger partial charge in [-0.1, -0.05) is 13.8 Å². The smallest absolute Gasteiger partial charge is 0.208 e. The third-order valence-corrected chi connectivity index (χ3v) is 7.61. The van der Waals surface area contributed by atoms with E-state index in [4.69, 9.17) is 16.2 Å². The van der Waals surface area contributed by atoms with Crippen LogP contribution in [0.5, 0.6) is 5.75 Å². The van der Waals surface area contributed by atoms with Gasteiger partial charge in [0.05, 0.1) is 23.7 Å². The fraction of sp³-hybridized carbons (Fsp3) is 0.583. The van der Waals surface area contributed by atoms with E-state index >= 15 is 0 Å². The number of nitrogens with one attached hydrogen (secondary N) is 1. The van der Waals surface area contributed by atoms with Crippen molar-refractivity contribution in [1.82, 2.24) is 14.7 Å². The van der Waals surface area contributed by atoms with Gasteiger partial charge in [-0.15, -0.1) is 0 Å². The Labute approximate surface area is 202 Å². The van der Waals surface area contributed by atoms with E-state index in [2.05, 4.69) is 39.5 Å². The molecule has 0 saturated heterocycles. The first-order valence-electron chi connectivity index (χ1n) is 11.8. The first-order valence-corrected chi connectivity index (χ1v) is 13.7. The van der Waals surface area contributed by atoms with E-state index in [0.29, 0.717) is 18.9 Å². The molecule has 0 aliphatic heterocycles. The van der Waals surface area contributed by atoms with Crippen LogP contribution in [0.1, 0.15) is 50.7 Å². The highest BCUT2D eigenvalue weighted by Crippen LogP contribution is 2.49. The molecule has 4 rings (SSSR count). The average molecular weight is 489 g/mol. The van der Waals surface area contributed by atoms with E-state index in [-0.39, 0.29) is 17.6 Å². The van der Waals surface area contributed by atoms with Gasteiger partial charge in [-0.25, -0.2) is 23.1 Å². The molecular weight excluding hydrogens is 452 g/mol. The maximum atomic E-state index is 11.6. The number of nitrogen functional groups attached to an aromatic ring is 1. The fourth-order valence-corrected chi connectivity index (χ4v) is 5.69. The molecule has 2 aliphatic rings. The molecule has 0 unspecified atom stereocenters. The summed E-state index contributed by atoms with van der Waals surface area (Å²) in [4.78, 5) is 10.9. The Kier molecular flexibility index (Phi) is 6.76. The van der Waals surface area contributed by atoms with Crippen molar-refractivity contribution in [3.63, 3.8) is 0 Å². The molecule has 0 radical (unpaired) electrons. The molecular formula is C24H36N6O3S. The van der Waals surface area contributed by atoms with Gasteiger partial charge < -0.3 is 21.1 Å². The van der Waals surface area contributed by atoms with Crippen molar-refractivity contribution in [1.29, 1.82) is 0 Å². The summed E-state index contributed by atoms with van der Waals surface area (Å²) in [5.41, 5.74) is 17.0. The highest BCUT2D eigenvalue weighted by Gasteiger charge is 2.37. The second kappa shape index (κ2) is 9.31. The first-order chi connectivity index (χ1) is 16.0. The fourth-order valence-electron chi connectivity index (χ4n) is 5.23. The minimum Gasteiger partial charge on any atom is -0.488 e. The number of hydrogen-bond donors (Lipinski definition) is 3. The highest BCUT2D eigenvalue weighted by molar-refractivity contribution is 7.88. The molecule has 0 bridgehead atoms. The largest absolute Gasteiger partial charge is 0.488 e. The lowest BCUT2D eigenvalue weighted by atomic mass is 9.71. The van der Waals surface area contributed by atoms with Crippen LogP contribution in [-0.2, 0) is 21.9 Å². The van der Waals surface area contributed by atoms with Crippen molar-refractivity contribution >= 4 is 21.5 Å². The average Bonchev–Trinajstić information content (AvgIpc) is 2.73. The van der Waals surface area contributed by atoms with Gasteiger partial charge in [-0.2, -0.15) is 0 Å². The van der Waals surface area contributed by atoms with E-state index < -0.39 is 10.0 Å². The third kappa shape index (κ3) is 5.13. The molecule has 9 nitrogen and oxygen atoms in total. The molecule has 1 aromatic carbocycles. The van der Waals surface area contributed by atoms with Crippen LogP contribution in [0.15, 0.2) is 18.5 Å². The molecule has 186 valence electrons. The Bertz CT molecular complexity index is 1160. The summed E-state index contributed by atoms with van der Waals surface area (Å²) in [6.45, 7) is 5.10. The summed E-state index contributed by atoms with van der Waals surface area (Å²) in [6.07, 6.45) is 7.28. The van der Waals surface area contributed by atoms with Gasteiger partial charge in [-0.3, -0.25) is 0 Å². The third-order valence-electron chi connectivity index (χ3n) is 6.88. The van der Waals surface area contributed by atoms with E-state index in [1.54, 1.807) is 0 Å². The maximum absolute atomic E-state index is 11.6. The number of benzene rings is 1. The maximum Gasteiger partial charge on any atom is 0.208 e. The van der Waals surface area contributed by atoms with Gasteiger partial charge in [0, 0.05) is 37.3 Å². The Morgan fingerprint density at radius 3 is 2.59 bits per heavy atom. The van der Waals surface area contributed by atoms with E-state index in [9.17, 15) is 8.42 Å². The highest BCUT2D eigenvalue weighted by atomic mass is 32.2. The number of aromatic nitrogens is 2. The lowest BCUT2D eigenvalue weighted by molar-refractivity contribution is 0.147. The summed E-state index contributed by atoms with van der Waals surface area (Å²) < 4.78 is 32.3. The summed E-state index contributed by atoms with van der Waals surface area (Å²) in [7, 11) is -1.30. The van der Waals surface area contributed by atoms with E-state index in [1.165, 1.54) is 12.6 Å². The number of hydrogen-bond acceptors (Lipinski definition) is 8. The molecule has 0 spiro atoms. The number of ether oxygens (including phenoxy) is 1. The number of anilines is 2. The van der Waals surface area contributed by atoms with Crippen molar-refractivity contribution in [3.05, 3.63) is 29.6 Å².